The van der Waals surface area contributed by atoms with Gasteiger partial charge in [-0.15, -0.1) is 0 Å². The van der Waals surface area contributed by atoms with E-state index in [1.165, 1.54) is 12.7 Å². The van der Waals surface area contributed by atoms with E-state index in [1.54, 1.807) is 25.3 Å². The minimum atomic E-state index is -0.435. The van der Waals surface area contributed by atoms with Crippen molar-refractivity contribution in [1.29, 1.82) is 0 Å². The molecule has 0 fully saturated rings. The van der Waals surface area contributed by atoms with Crippen LogP contribution in [0, 0.1) is 0 Å². The zero-order valence-corrected chi connectivity index (χ0v) is 15.7. The summed E-state index contributed by atoms with van der Waals surface area (Å²) in [4.78, 5) is 11.9. The molecular weight excluding hydrogens is 332 g/mol. The smallest absolute Gasteiger partial charge is 0.338 e. The van der Waals surface area contributed by atoms with Crippen LogP contribution in [0.1, 0.15) is 29.8 Å². The largest absolute Gasteiger partial charge is 0.490 e. The highest BCUT2D eigenvalue weighted by atomic mass is 16.5. The normalized spacial score (nSPS) is 12.9. The Hall–Kier alpha value is -2.53. The highest BCUT2D eigenvalue weighted by molar-refractivity contribution is 5.90. The Morgan fingerprint density at radius 1 is 0.923 bits per heavy atom. The quantitative estimate of drug-likeness (QED) is 0.637. The Bertz CT molecular complexity index is 699. The summed E-state index contributed by atoms with van der Waals surface area (Å²) in [5, 5.41) is 0. The van der Waals surface area contributed by atoms with Crippen molar-refractivity contribution >= 4 is 5.97 Å². The van der Waals surface area contributed by atoms with Crippen molar-refractivity contribution in [3.05, 3.63) is 59.7 Å². The van der Waals surface area contributed by atoms with Crippen LogP contribution in [-0.4, -0.2) is 39.0 Å². The molecule has 5 heteroatoms. The highest BCUT2D eigenvalue weighted by Gasteiger charge is 2.14. The van der Waals surface area contributed by atoms with Gasteiger partial charge in [0.15, 0.2) is 0 Å². The van der Waals surface area contributed by atoms with Gasteiger partial charge in [-0.05, 0) is 31.5 Å². The zero-order valence-electron chi connectivity index (χ0n) is 15.7. The summed E-state index contributed by atoms with van der Waals surface area (Å²) in [6.07, 6.45) is 0.552. The summed E-state index contributed by atoms with van der Waals surface area (Å²) < 4.78 is 21.7. The third-order valence-electron chi connectivity index (χ3n) is 3.74. The number of hydrogen-bond acceptors (Lipinski definition) is 5. The third-order valence-corrected chi connectivity index (χ3v) is 3.74. The number of ether oxygens (including phenoxy) is 4. The van der Waals surface area contributed by atoms with E-state index in [1.807, 2.05) is 32.0 Å². The molecule has 0 aromatic heterocycles. The Balaban J connectivity index is 2.15. The van der Waals surface area contributed by atoms with Gasteiger partial charge in [-0.3, -0.25) is 0 Å². The first kappa shape index (κ1) is 19.8. The fraction of sp³-hybridized carbons (Fsp3) is 0.381. The van der Waals surface area contributed by atoms with Crippen LogP contribution in [-0.2, 0) is 15.9 Å². The van der Waals surface area contributed by atoms with Crippen molar-refractivity contribution in [3.8, 4) is 11.5 Å². The highest BCUT2D eigenvalue weighted by Crippen LogP contribution is 2.26. The van der Waals surface area contributed by atoms with Crippen LogP contribution in [0.25, 0.3) is 0 Å². The van der Waals surface area contributed by atoms with E-state index in [4.69, 9.17) is 18.9 Å². The van der Waals surface area contributed by atoms with Crippen LogP contribution < -0.4 is 9.47 Å². The van der Waals surface area contributed by atoms with Gasteiger partial charge in [-0.2, -0.15) is 0 Å². The molecule has 2 rings (SSSR count). The SMILES string of the molecule is COCC(C)Oc1cc(O[C@@H](C)Cc2ccccc2)cc(C(=O)OC)c1. The van der Waals surface area contributed by atoms with Gasteiger partial charge in [0, 0.05) is 19.6 Å². The Morgan fingerprint density at radius 3 is 2.12 bits per heavy atom. The van der Waals surface area contributed by atoms with E-state index in [0.717, 1.165) is 6.42 Å². The lowest BCUT2D eigenvalue weighted by Gasteiger charge is -2.18. The lowest BCUT2D eigenvalue weighted by Crippen LogP contribution is -2.19. The lowest BCUT2D eigenvalue weighted by molar-refractivity contribution is 0.0597. The molecule has 0 saturated carbocycles. The van der Waals surface area contributed by atoms with Gasteiger partial charge in [0.2, 0.25) is 0 Å². The average molecular weight is 358 g/mol. The Labute approximate surface area is 154 Å². The molecule has 26 heavy (non-hydrogen) atoms. The van der Waals surface area contributed by atoms with Crippen LogP contribution in [0.15, 0.2) is 48.5 Å². The minimum Gasteiger partial charge on any atom is -0.490 e. The van der Waals surface area contributed by atoms with Crippen LogP contribution >= 0.6 is 0 Å². The first-order valence-electron chi connectivity index (χ1n) is 8.61. The monoisotopic (exact) mass is 358 g/mol. The molecule has 0 bridgehead atoms. The summed E-state index contributed by atoms with van der Waals surface area (Å²) >= 11 is 0. The first-order chi connectivity index (χ1) is 12.5. The minimum absolute atomic E-state index is 0.0606. The number of methoxy groups -OCH3 is 2. The van der Waals surface area contributed by atoms with Gasteiger partial charge in [-0.1, -0.05) is 30.3 Å². The van der Waals surface area contributed by atoms with Crippen molar-refractivity contribution in [2.24, 2.45) is 0 Å². The van der Waals surface area contributed by atoms with E-state index in [-0.39, 0.29) is 12.2 Å². The number of carbonyl (C=O) groups is 1. The molecule has 0 N–H and O–H groups in total. The molecule has 0 aliphatic heterocycles. The van der Waals surface area contributed by atoms with Crippen molar-refractivity contribution in [2.75, 3.05) is 20.8 Å². The van der Waals surface area contributed by atoms with Crippen LogP contribution in [0.2, 0.25) is 0 Å². The summed E-state index contributed by atoms with van der Waals surface area (Å²) in [5.74, 6) is 0.672. The van der Waals surface area contributed by atoms with Crippen molar-refractivity contribution in [3.63, 3.8) is 0 Å². The predicted octanol–water partition coefficient (Wildman–Crippen LogP) is 3.90. The maximum absolute atomic E-state index is 11.9. The second-order valence-electron chi connectivity index (χ2n) is 6.19. The van der Waals surface area contributed by atoms with E-state index < -0.39 is 5.97 Å². The molecular formula is C21H26O5. The molecule has 0 spiro atoms. The summed E-state index contributed by atoms with van der Waals surface area (Å²) in [7, 11) is 2.96. The molecule has 0 saturated heterocycles. The average Bonchev–Trinajstić information content (AvgIpc) is 2.61. The molecule has 0 amide bonds. The van der Waals surface area contributed by atoms with Gasteiger partial charge in [-0.25, -0.2) is 4.79 Å². The Morgan fingerprint density at radius 2 is 1.54 bits per heavy atom. The molecule has 0 radical (unpaired) electrons. The maximum atomic E-state index is 11.9. The zero-order chi connectivity index (χ0) is 18.9. The van der Waals surface area contributed by atoms with E-state index >= 15 is 0 Å². The molecule has 2 aromatic rings. The fourth-order valence-corrected chi connectivity index (χ4v) is 2.66. The topological polar surface area (TPSA) is 54.0 Å². The van der Waals surface area contributed by atoms with Gasteiger partial charge in [0.1, 0.15) is 17.6 Å². The number of rotatable bonds is 9. The van der Waals surface area contributed by atoms with Crippen molar-refractivity contribution in [1.82, 2.24) is 0 Å². The van der Waals surface area contributed by atoms with E-state index in [2.05, 4.69) is 12.1 Å². The first-order valence-corrected chi connectivity index (χ1v) is 8.61. The maximum Gasteiger partial charge on any atom is 0.338 e. The summed E-state index contributed by atoms with van der Waals surface area (Å²) in [6, 6.07) is 15.2. The summed E-state index contributed by atoms with van der Waals surface area (Å²) in [5.41, 5.74) is 1.57. The summed E-state index contributed by atoms with van der Waals surface area (Å²) in [6.45, 7) is 4.34. The predicted molar refractivity (Wildman–Crippen MR) is 100.0 cm³/mol. The molecule has 140 valence electrons. The molecule has 2 atom stereocenters. The second kappa shape index (κ2) is 9.82. The molecule has 1 unspecified atom stereocenters. The van der Waals surface area contributed by atoms with Crippen molar-refractivity contribution in [2.45, 2.75) is 32.5 Å². The molecule has 0 aliphatic carbocycles. The van der Waals surface area contributed by atoms with Crippen LogP contribution in [0.4, 0.5) is 0 Å². The number of benzene rings is 2. The molecule has 0 aliphatic rings. The standard InChI is InChI=1S/C21H26O5/c1-15(10-17-8-6-5-7-9-17)25-19-11-18(21(22)24-4)12-20(13-19)26-16(2)14-23-3/h5-9,11-13,15-16H,10,14H2,1-4H3/t15-,16?/m0/s1. The molecule has 2 aromatic carbocycles. The van der Waals surface area contributed by atoms with Crippen LogP contribution in [0.5, 0.6) is 11.5 Å². The van der Waals surface area contributed by atoms with Crippen molar-refractivity contribution < 1.29 is 23.7 Å². The number of esters is 1. The van der Waals surface area contributed by atoms with Gasteiger partial charge >= 0.3 is 5.97 Å². The van der Waals surface area contributed by atoms with Crippen LogP contribution in [0.3, 0.4) is 0 Å². The van der Waals surface area contributed by atoms with Gasteiger partial charge in [0.05, 0.1) is 25.4 Å². The number of hydrogen-bond donors (Lipinski definition) is 0. The van der Waals surface area contributed by atoms with Gasteiger partial charge < -0.3 is 18.9 Å². The van der Waals surface area contributed by atoms with E-state index in [9.17, 15) is 4.79 Å². The molecule has 0 heterocycles. The third kappa shape index (κ3) is 6.08. The Kier molecular flexibility index (Phi) is 7.48. The second-order valence-corrected chi connectivity index (χ2v) is 6.19. The molecule has 5 nitrogen and oxygen atoms in total. The number of carbonyl (C=O) groups excluding carboxylic acids is 1. The lowest BCUT2D eigenvalue weighted by atomic mass is 10.1. The van der Waals surface area contributed by atoms with Gasteiger partial charge in [0.25, 0.3) is 0 Å². The van der Waals surface area contributed by atoms with E-state index in [0.29, 0.717) is 23.7 Å². The fourth-order valence-electron chi connectivity index (χ4n) is 2.66.